The Labute approximate surface area is 208 Å². The van der Waals surface area contributed by atoms with E-state index in [1.165, 1.54) is 5.56 Å². The minimum atomic E-state index is -0.797. The fourth-order valence-corrected chi connectivity index (χ4v) is 5.29. The summed E-state index contributed by atoms with van der Waals surface area (Å²) >= 11 is 0. The van der Waals surface area contributed by atoms with Crippen LogP contribution in [0, 0.1) is 17.6 Å². The monoisotopic (exact) mass is 493 g/mol. The molecule has 9 heteroatoms. The Morgan fingerprint density at radius 1 is 1.11 bits per heavy atom. The number of benzene rings is 1. The summed E-state index contributed by atoms with van der Waals surface area (Å²) in [7, 11) is 0. The Morgan fingerprint density at radius 3 is 2.67 bits per heavy atom. The number of pyridine rings is 1. The zero-order chi connectivity index (χ0) is 25.2. The molecule has 0 bridgehead atoms. The fraction of sp³-hybridized carbons (Fsp3) is 0.370. The summed E-state index contributed by atoms with van der Waals surface area (Å²) in [5.41, 5.74) is 9.20. The molecule has 4 aromatic rings. The summed E-state index contributed by atoms with van der Waals surface area (Å²) < 4.78 is 36.5. The first-order chi connectivity index (χ1) is 17.4. The van der Waals surface area contributed by atoms with Crippen LogP contribution in [0.2, 0.25) is 0 Å². The fourth-order valence-electron chi connectivity index (χ4n) is 5.29. The lowest BCUT2D eigenvalue weighted by Gasteiger charge is -2.32. The average Bonchev–Trinajstić information content (AvgIpc) is 3.24. The predicted molar refractivity (Wildman–Crippen MR) is 132 cm³/mol. The normalized spacial score (nSPS) is 20.1. The van der Waals surface area contributed by atoms with E-state index in [2.05, 4.69) is 28.1 Å². The van der Waals surface area contributed by atoms with Crippen LogP contribution < -0.4 is 10.5 Å². The van der Waals surface area contributed by atoms with Crippen molar-refractivity contribution in [2.45, 2.75) is 44.6 Å². The molecule has 1 fully saturated rings. The van der Waals surface area contributed by atoms with Crippen molar-refractivity contribution in [2.24, 2.45) is 11.7 Å². The van der Waals surface area contributed by atoms with E-state index in [9.17, 15) is 8.78 Å². The van der Waals surface area contributed by atoms with Gasteiger partial charge in [-0.05, 0) is 60.4 Å². The molecule has 3 N–H and O–H groups in total. The molecule has 0 radical (unpaired) electrons. The molecule has 1 aromatic carbocycles. The number of aliphatic hydroxyl groups excluding tert-OH is 1. The second kappa shape index (κ2) is 10.3. The van der Waals surface area contributed by atoms with Gasteiger partial charge >= 0.3 is 0 Å². The number of nitrogens with two attached hydrogens (primary N) is 1. The van der Waals surface area contributed by atoms with E-state index in [1.807, 2.05) is 12.4 Å². The maximum Gasteiger partial charge on any atom is 0.139 e. The van der Waals surface area contributed by atoms with Crippen LogP contribution in [0.4, 0.5) is 8.78 Å². The highest BCUT2D eigenvalue weighted by atomic mass is 19.1. The third kappa shape index (κ3) is 4.94. The molecular weight excluding hydrogens is 464 g/mol. The predicted octanol–water partition coefficient (Wildman–Crippen LogP) is 4.26. The van der Waals surface area contributed by atoms with E-state index in [-0.39, 0.29) is 36.3 Å². The number of imidazole rings is 1. The molecule has 1 aliphatic carbocycles. The molecule has 5 rings (SSSR count). The van der Waals surface area contributed by atoms with Gasteiger partial charge in [-0.3, -0.25) is 4.98 Å². The first-order valence-corrected chi connectivity index (χ1v) is 12.2. The van der Waals surface area contributed by atoms with Crippen LogP contribution in [0.25, 0.3) is 16.8 Å². The van der Waals surface area contributed by atoms with Gasteiger partial charge in [0.2, 0.25) is 0 Å². The van der Waals surface area contributed by atoms with Gasteiger partial charge in [0.25, 0.3) is 0 Å². The summed E-state index contributed by atoms with van der Waals surface area (Å²) in [5.74, 6) is -0.0266. The van der Waals surface area contributed by atoms with Crippen molar-refractivity contribution in [3.05, 3.63) is 77.5 Å². The number of hydrogen-bond acceptors (Lipinski definition) is 6. The topological polar surface area (TPSA) is 98.6 Å². The number of aromatic nitrogens is 4. The number of aliphatic hydroxyl groups is 1. The van der Waals surface area contributed by atoms with Crippen LogP contribution in [0.1, 0.15) is 49.1 Å². The van der Waals surface area contributed by atoms with Gasteiger partial charge in [-0.1, -0.05) is 6.92 Å². The highest BCUT2D eigenvalue weighted by molar-refractivity contribution is 5.63. The lowest BCUT2D eigenvalue weighted by molar-refractivity contribution is 0.200. The van der Waals surface area contributed by atoms with Gasteiger partial charge in [0.05, 0.1) is 29.6 Å². The maximum absolute atomic E-state index is 14.9. The highest BCUT2D eigenvalue weighted by Gasteiger charge is 2.27. The van der Waals surface area contributed by atoms with E-state index in [0.717, 1.165) is 42.5 Å². The molecule has 0 spiro atoms. The smallest absolute Gasteiger partial charge is 0.139 e. The summed E-state index contributed by atoms with van der Waals surface area (Å²) in [6, 6.07) is 7.72. The van der Waals surface area contributed by atoms with Crippen molar-refractivity contribution in [3.63, 3.8) is 0 Å². The van der Waals surface area contributed by atoms with Gasteiger partial charge in [-0.15, -0.1) is 0 Å². The van der Waals surface area contributed by atoms with E-state index >= 15 is 0 Å². The molecule has 0 unspecified atom stereocenters. The number of ether oxygens (including phenoxy) is 1. The zero-order valence-electron chi connectivity index (χ0n) is 20.1. The maximum atomic E-state index is 14.9. The van der Waals surface area contributed by atoms with Crippen LogP contribution >= 0.6 is 0 Å². The van der Waals surface area contributed by atoms with Crippen molar-refractivity contribution in [1.29, 1.82) is 0 Å². The zero-order valence-corrected chi connectivity index (χ0v) is 20.1. The largest absolute Gasteiger partial charge is 0.491 e. The van der Waals surface area contributed by atoms with Crippen LogP contribution in [-0.4, -0.2) is 43.9 Å². The lowest BCUT2D eigenvalue weighted by atomic mass is 9.75. The summed E-state index contributed by atoms with van der Waals surface area (Å²) in [6.07, 6.45) is 8.88. The van der Waals surface area contributed by atoms with Gasteiger partial charge < -0.3 is 15.6 Å². The minimum Gasteiger partial charge on any atom is -0.491 e. The van der Waals surface area contributed by atoms with E-state index in [4.69, 9.17) is 15.6 Å². The van der Waals surface area contributed by atoms with E-state index < -0.39 is 11.6 Å². The first kappa shape index (κ1) is 24.3. The summed E-state index contributed by atoms with van der Waals surface area (Å²) in [4.78, 5) is 8.89. The van der Waals surface area contributed by atoms with E-state index in [0.29, 0.717) is 24.1 Å². The molecule has 1 saturated carbocycles. The molecule has 0 saturated heterocycles. The Morgan fingerprint density at radius 2 is 1.92 bits per heavy atom. The summed E-state index contributed by atoms with van der Waals surface area (Å²) in [6.45, 7) is 1.94. The summed E-state index contributed by atoms with van der Waals surface area (Å²) in [5, 5.41) is 13.4. The highest BCUT2D eigenvalue weighted by Crippen LogP contribution is 2.37. The van der Waals surface area contributed by atoms with Crippen molar-refractivity contribution in [1.82, 2.24) is 19.6 Å². The van der Waals surface area contributed by atoms with Crippen LogP contribution in [0.15, 0.2) is 48.9 Å². The molecule has 3 atom stereocenters. The molecular formula is C27H29F2N5O2. The van der Waals surface area contributed by atoms with Crippen molar-refractivity contribution < 1.29 is 18.6 Å². The van der Waals surface area contributed by atoms with Crippen molar-refractivity contribution >= 4 is 5.52 Å². The van der Waals surface area contributed by atoms with Gasteiger partial charge in [0.15, 0.2) is 0 Å². The number of rotatable bonds is 7. The molecule has 0 amide bonds. The Balaban J connectivity index is 1.48. The Bertz CT molecular complexity index is 1340. The van der Waals surface area contributed by atoms with Gasteiger partial charge in [-0.25, -0.2) is 18.3 Å². The van der Waals surface area contributed by atoms with Gasteiger partial charge in [0.1, 0.15) is 29.8 Å². The second-order valence-electron chi connectivity index (χ2n) is 9.58. The third-order valence-corrected chi connectivity index (χ3v) is 6.80. The molecule has 188 valence electrons. The van der Waals surface area contributed by atoms with Gasteiger partial charge in [-0.2, -0.15) is 5.10 Å². The van der Waals surface area contributed by atoms with E-state index in [1.54, 1.807) is 22.8 Å². The van der Waals surface area contributed by atoms with Crippen molar-refractivity contribution in [3.8, 4) is 17.0 Å². The van der Waals surface area contributed by atoms with Crippen LogP contribution in [-0.2, 0) is 6.42 Å². The molecule has 7 nitrogen and oxygen atoms in total. The molecule has 3 aromatic heterocycles. The quantitative estimate of drug-likeness (QED) is 0.399. The van der Waals surface area contributed by atoms with Gasteiger partial charge in [0, 0.05) is 37.0 Å². The Hall–Kier alpha value is -3.43. The number of hydrogen-bond donors (Lipinski definition) is 2. The SMILES string of the molecule is C[C@@H]1C[C@H](N)C[C@H](c2ccncc2Cc2ncc3ccc(-c4c(F)cc(OCCO)cc4F)nn23)C1. The first-order valence-electron chi connectivity index (χ1n) is 12.2. The standard InChI is InChI=1S/C27H29F2N5O2/c1-16-8-17(10-19(30)9-16)22-4-5-31-14-18(22)11-26-32-15-20-2-3-25(33-34(20)26)27-23(28)12-21(13-24(27)29)36-7-6-35/h2-5,12-17,19,35H,6-11,30H2,1H3/t16-,17+,19-/m0/s1. The Kier molecular flexibility index (Phi) is 6.93. The molecule has 3 heterocycles. The average molecular weight is 494 g/mol. The van der Waals surface area contributed by atoms with Crippen LogP contribution in [0.3, 0.4) is 0 Å². The van der Waals surface area contributed by atoms with Crippen molar-refractivity contribution in [2.75, 3.05) is 13.2 Å². The number of nitrogens with zero attached hydrogens (tertiary/aromatic N) is 4. The third-order valence-electron chi connectivity index (χ3n) is 6.80. The van der Waals surface area contributed by atoms with Crippen LogP contribution in [0.5, 0.6) is 5.75 Å². The minimum absolute atomic E-state index is 0.00746. The molecule has 36 heavy (non-hydrogen) atoms. The lowest BCUT2D eigenvalue weighted by Crippen LogP contribution is -2.31. The second-order valence-corrected chi connectivity index (χ2v) is 9.58. The molecule has 1 aliphatic rings. The molecule has 0 aliphatic heterocycles. The number of halogens is 2. The number of fused-ring (bicyclic) bond motifs is 1.